The van der Waals surface area contributed by atoms with Gasteiger partial charge < -0.3 is 5.32 Å². The van der Waals surface area contributed by atoms with E-state index in [1.54, 1.807) is 11.3 Å². The monoisotopic (exact) mass is 287 g/mol. The number of alkyl halides is 1. The lowest BCUT2D eigenvalue weighted by atomic mass is 10.1. The van der Waals surface area contributed by atoms with Crippen LogP contribution in [0, 0.1) is 5.92 Å². The molecule has 1 aromatic heterocycles. The third-order valence-electron chi connectivity index (χ3n) is 2.87. The van der Waals surface area contributed by atoms with Gasteiger partial charge in [-0.25, -0.2) is 0 Å². The van der Waals surface area contributed by atoms with Gasteiger partial charge in [-0.15, -0.1) is 0 Å². The van der Waals surface area contributed by atoms with Gasteiger partial charge in [-0.2, -0.15) is 11.3 Å². The lowest BCUT2D eigenvalue weighted by Gasteiger charge is -2.14. The van der Waals surface area contributed by atoms with Crippen LogP contribution in [0.25, 0.3) is 0 Å². The predicted octanol–water partition coefficient (Wildman–Crippen LogP) is 3.04. The molecule has 1 fully saturated rings. The van der Waals surface area contributed by atoms with E-state index >= 15 is 0 Å². The number of carbonyl (C=O) groups is 1. The standard InChI is InChI=1S/C11H14BrNOS/c12-10-3-1-2-8(10)6-13-11(14)9-4-5-15-7-9/h4-5,7-8,10H,1-3,6H2,(H,13,14). The van der Waals surface area contributed by atoms with Crippen molar-refractivity contribution in [1.82, 2.24) is 5.32 Å². The molecule has 0 aliphatic heterocycles. The number of hydrogen-bond donors (Lipinski definition) is 1. The molecule has 1 aromatic rings. The lowest BCUT2D eigenvalue weighted by molar-refractivity contribution is 0.0948. The van der Waals surface area contributed by atoms with Crippen molar-refractivity contribution in [2.75, 3.05) is 6.54 Å². The third kappa shape index (κ3) is 2.82. The fourth-order valence-corrected chi connectivity index (χ4v) is 3.35. The van der Waals surface area contributed by atoms with Crippen molar-refractivity contribution >= 4 is 33.2 Å². The second kappa shape index (κ2) is 5.12. The molecule has 2 unspecified atom stereocenters. The Kier molecular flexibility index (Phi) is 3.81. The minimum absolute atomic E-state index is 0.0582. The highest BCUT2D eigenvalue weighted by Crippen LogP contribution is 2.30. The Morgan fingerprint density at radius 1 is 1.60 bits per heavy atom. The molecule has 82 valence electrons. The van der Waals surface area contributed by atoms with E-state index in [1.165, 1.54) is 19.3 Å². The molecule has 0 bridgehead atoms. The van der Waals surface area contributed by atoms with Crippen LogP contribution in [0.3, 0.4) is 0 Å². The first-order valence-corrected chi connectivity index (χ1v) is 7.07. The molecule has 0 saturated heterocycles. The average molecular weight is 288 g/mol. The Bertz CT molecular complexity index is 325. The van der Waals surface area contributed by atoms with Gasteiger partial charge in [-0.3, -0.25) is 4.79 Å². The molecule has 1 N–H and O–H groups in total. The molecule has 1 amide bonds. The van der Waals surface area contributed by atoms with Gasteiger partial charge in [0, 0.05) is 22.3 Å². The minimum Gasteiger partial charge on any atom is -0.352 e. The first-order valence-electron chi connectivity index (χ1n) is 5.22. The average Bonchev–Trinajstić information content (AvgIpc) is 2.85. The van der Waals surface area contributed by atoms with E-state index in [2.05, 4.69) is 21.2 Å². The topological polar surface area (TPSA) is 29.1 Å². The molecule has 1 aliphatic carbocycles. The van der Waals surface area contributed by atoms with Crippen molar-refractivity contribution < 1.29 is 4.79 Å². The Morgan fingerprint density at radius 2 is 2.47 bits per heavy atom. The van der Waals surface area contributed by atoms with Gasteiger partial charge >= 0.3 is 0 Å². The number of carbonyl (C=O) groups excluding carboxylic acids is 1. The van der Waals surface area contributed by atoms with Crippen LogP contribution in [0.4, 0.5) is 0 Å². The highest BCUT2D eigenvalue weighted by Gasteiger charge is 2.25. The smallest absolute Gasteiger partial charge is 0.252 e. The van der Waals surface area contributed by atoms with Gasteiger partial charge in [0.05, 0.1) is 0 Å². The van der Waals surface area contributed by atoms with E-state index in [0.29, 0.717) is 10.7 Å². The van der Waals surface area contributed by atoms with Gasteiger partial charge in [0.2, 0.25) is 0 Å². The molecule has 15 heavy (non-hydrogen) atoms. The van der Waals surface area contributed by atoms with E-state index < -0.39 is 0 Å². The first kappa shape index (κ1) is 11.1. The Balaban J connectivity index is 1.81. The Hall–Kier alpha value is -0.350. The van der Waals surface area contributed by atoms with Crippen LogP contribution in [-0.4, -0.2) is 17.3 Å². The number of halogens is 1. The van der Waals surface area contributed by atoms with Crippen LogP contribution in [-0.2, 0) is 0 Å². The maximum absolute atomic E-state index is 11.6. The zero-order chi connectivity index (χ0) is 10.7. The van der Waals surface area contributed by atoms with E-state index in [1.807, 2.05) is 16.8 Å². The number of nitrogens with one attached hydrogen (secondary N) is 1. The van der Waals surface area contributed by atoms with Crippen molar-refractivity contribution in [3.8, 4) is 0 Å². The minimum atomic E-state index is 0.0582. The summed E-state index contributed by atoms with van der Waals surface area (Å²) in [5.41, 5.74) is 0.782. The summed E-state index contributed by atoms with van der Waals surface area (Å²) in [7, 11) is 0. The molecular formula is C11H14BrNOS. The molecule has 2 atom stereocenters. The highest BCUT2D eigenvalue weighted by atomic mass is 79.9. The Morgan fingerprint density at radius 3 is 3.07 bits per heavy atom. The highest BCUT2D eigenvalue weighted by molar-refractivity contribution is 9.09. The summed E-state index contributed by atoms with van der Waals surface area (Å²) < 4.78 is 0. The zero-order valence-corrected chi connectivity index (χ0v) is 10.8. The van der Waals surface area contributed by atoms with Gasteiger partial charge in [0.25, 0.3) is 5.91 Å². The number of rotatable bonds is 3. The molecule has 1 heterocycles. The van der Waals surface area contributed by atoms with Crippen molar-refractivity contribution in [1.29, 1.82) is 0 Å². The first-order chi connectivity index (χ1) is 7.27. The molecule has 0 radical (unpaired) electrons. The largest absolute Gasteiger partial charge is 0.352 e. The summed E-state index contributed by atoms with van der Waals surface area (Å²) in [6.45, 7) is 0.796. The maximum Gasteiger partial charge on any atom is 0.252 e. The zero-order valence-electron chi connectivity index (χ0n) is 8.41. The summed E-state index contributed by atoms with van der Waals surface area (Å²) in [6, 6.07) is 1.86. The predicted molar refractivity (Wildman–Crippen MR) is 66.7 cm³/mol. The van der Waals surface area contributed by atoms with Crippen molar-refractivity contribution in [2.24, 2.45) is 5.92 Å². The van der Waals surface area contributed by atoms with E-state index in [0.717, 1.165) is 12.1 Å². The number of thiophene rings is 1. The summed E-state index contributed by atoms with van der Waals surface area (Å²) in [5, 5.41) is 6.81. The van der Waals surface area contributed by atoms with E-state index in [-0.39, 0.29) is 5.91 Å². The molecular weight excluding hydrogens is 274 g/mol. The van der Waals surface area contributed by atoms with Gasteiger partial charge in [-0.05, 0) is 30.2 Å². The van der Waals surface area contributed by atoms with Crippen LogP contribution in [0.1, 0.15) is 29.6 Å². The second-order valence-electron chi connectivity index (χ2n) is 3.93. The normalized spacial score (nSPS) is 25.4. The fourth-order valence-electron chi connectivity index (χ4n) is 1.94. The van der Waals surface area contributed by atoms with Gasteiger partial charge in [-0.1, -0.05) is 22.4 Å². The summed E-state index contributed by atoms with van der Waals surface area (Å²) >= 11 is 5.21. The van der Waals surface area contributed by atoms with Gasteiger partial charge in [0.15, 0.2) is 0 Å². The maximum atomic E-state index is 11.6. The van der Waals surface area contributed by atoms with Crippen LogP contribution in [0.2, 0.25) is 0 Å². The Labute approximate surface area is 102 Å². The molecule has 4 heteroatoms. The third-order valence-corrected chi connectivity index (χ3v) is 4.76. The molecule has 2 rings (SSSR count). The van der Waals surface area contributed by atoms with E-state index in [4.69, 9.17) is 0 Å². The molecule has 0 aromatic carbocycles. The summed E-state index contributed by atoms with van der Waals surface area (Å²) in [4.78, 5) is 12.2. The molecule has 1 aliphatic rings. The van der Waals surface area contributed by atoms with Crippen LogP contribution in [0.5, 0.6) is 0 Å². The molecule has 0 spiro atoms. The van der Waals surface area contributed by atoms with Crippen molar-refractivity contribution in [3.63, 3.8) is 0 Å². The number of hydrogen-bond acceptors (Lipinski definition) is 2. The fraction of sp³-hybridized carbons (Fsp3) is 0.545. The lowest BCUT2D eigenvalue weighted by Crippen LogP contribution is -2.30. The van der Waals surface area contributed by atoms with Crippen LogP contribution < -0.4 is 5.32 Å². The van der Waals surface area contributed by atoms with Crippen molar-refractivity contribution in [2.45, 2.75) is 24.1 Å². The molecule has 1 saturated carbocycles. The summed E-state index contributed by atoms with van der Waals surface area (Å²) in [5.74, 6) is 0.662. The summed E-state index contributed by atoms with van der Waals surface area (Å²) in [6.07, 6.45) is 3.73. The van der Waals surface area contributed by atoms with Crippen LogP contribution in [0.15, 0.2) is 16.8 Å². The quantitative estimate of drug-likeness (QED) is 0.851. The number of amides is 1. The van der Waals surface area contributed by atoms with Gasteiger partial charge in [0.1, 0.15) is 0 Å². The van der Waals surface area contributed by atoms with E-state index in [9.17, 15) is 4.79 Å². The second-order valence-corrected chi connectivity index (χ2v) is 5.89. The van der Waals surface area contributed by atoms with Crippen LogP contribution >= 0.6 is 27.3 Å². The van der Waals surface area contributed by atoms with Crippen molar-refractivity contribution in [3.05, 3.63) is 22.4 Å². The SMILES string of the molecule is O=C(NCC1CCCC1Br)c1ccsc1. The molecule has 2 nitrogen and oxygen atoms in total.